The molecule has 0 aromatic heterocycles. The maximum atomic E-state index is 11.6. The van der Waals surface area contributed by atoms with E-state index in [0.717, 1.165) is 19.5 Å². The lowest BCUT2D eigenvalue weighted by Crippen LogP contribution is -2.50. The molecule has 1 unspecified atom stereocenters. The molecular weight excluding hydrogens is 246 g/mol. The number of hydrogen-bond donors (Lipinski definition) is 1. The summed E-state index contributed by atoms with van der Waals surface area (Å²) in [7, 11) is 3.57. The summed E-state index contributed by atoms with van der Waals surface area (Å²) in [5.41, 5.74) is 0. The van der Waals surface area contributed by atoms with E-state index in [1.165, 1.54) is 18.7 Å². The molecule has 0 aromatic rings. The van der Waals surface area contributed by atoms with E-state index in [9.17, 15) is 4.79 Å². The van der Waals surface area contributed by atoms with Crippen LogP contribution in [0.3, 0.4) is 0 Å². The third-order valence-corrected chi connectivity index (χ3v) is 4.18. The molecule has 1 fully saturated rings. The first-order valence-electron chi connectivity index (χ1n) is 6.81. The van der Waals surface area contributed by atoms with Crippen LogP contribution < -0.4 is 5.32 Å². The van der Waals surface area contributed by atoms with E-state index in [4.69, 9.17) is 0 Å². The highest BCUT2D eigenvalue weighted by atomic mass is 32.2. The van der Waals surface area contributed by atoms with E-state index < -0.39 is 0 Å². The van der Waals surface area contributed by atoms with Crippen LogP contribution in [0.2, 0.25) is 0 Å². The van der Waals surface area contributed by atoms with Gasteiger partial charge >= 0.3 is 6.03 Å². The summed E-state index contributed by atoms with van der Waals surface area (Å²) in [6, 6.07) is 0.344. The number of urea groups is 1. The lowest BCUT2D eigenvalue weighted by atomic mass is 10.1. The molecule has 18 heavy (non-hydrogen) atoms. The molecule has 0 radical (unpaired) electrons. The van der Waals surface area contributed by atoms with Crippen molar-refractivity contribution >= 4 is 17.8 Å². The van der Waals surface area contributed by atoms with Crippen LogP contribution in [0.15, 0.2) is 0 Å². The maximum absolute atomic E-state index is 11.6. The third-order valence-electron chi connectivity index (χ3n) is 3.10. The summed E-state index contributed by atoms with van der Waals surface area (Å²) in [5, 5.41) is 3.79. The Labute approximate surface area is 115 Å². The van der Waals surface area contributed by atoms with Gasteiger partial charge in [0, 0.05) is 39.0 Å². The van der Waals surface area contributed by atoms with E-state index in [2.05, 4.69) is 24.1 Å². The van der Waals surface area contributed by atoms with Crippen molar-refractivity contribution in [3.8, 4) is 0 Å². The van der Waals surface area contributed by atoms with Crippen molar-refractivity contribution in [2.75, 3.05) is 39.5 Å². The molecule has 4 nitrogen and oxygen atoms in total. The first kappa shape index (κ1) is 15.6. The minimum absolute atomic E-state index is 0.0263. The predicted octanol–water partition coefficient (Wildman–Crippen LogP) is 1.86. The van der Waals surface area contributed by atoms with Crippen molar-refractivity contribution in [2.24, 2.45) is 0 Å². The molecule has 0 aromatic carbocycles. The second-order valence-corrected chi connectivity index (χ2v) is 7.09. The van der Waals surface area contributed by atoms with Crippen LogP contribution in [0.1, 0.15) is 26.7 Å². The molecule has 0 bridgehead atoms. The Morgan fingerprint density at radius 3 is 2.83 bits per heavy atom. The largest absolute Gasteiger partial charge is 0.334 e. The summed E-state index contributed by atoms with van der Waals surface area (Å²) in [6.45, 7) is 7.78. The van der Waals surface area contributed by atoms with Crippen LogP contribution in [0, 0.1) is 0 Å². The van der Waals surface area contributed by atoms with Gasteiger partial charge in [-0.3, -0.25) is 0 Å². The van der Waals surface area contributed by atoms with Gasteiger partial charge in [0.05, 0.1) is 0 Å². The van der Waals surface area contributed by atoms with Crippen LogP contribution in [-0.4, -0.2) is 66.6 Å². The van der Waals surface area contributed by atoms with Gasteiger partial charge in [-0.25, -0.2) is 4.79 Å². The summed E-state index contributed by atoms with van der Waals surface area (Å²) < 4.78 is 0. The standard InChI is InChI=1S/C13H27N3OS/c1-11(2)18-9-8-16-7-5-6-12(10-16)14-13(17)15(3)4/h11-12H,5-10H2,1-4H3,(H,14,17). The van der Waals surface area contributed by atoms with Crippen molar-refractivity contribution in [2.45, 2.75) is 38.0 Å². The predicted molar refractivity (Wildman–Crippen MR) is 79.3 cm³/mol. The summed E-state index contributed by atoms with van der Waals surface area (Å²) in [5.74, 6) is 1.19. The zero-order valence-electron chi connectivity index (χ0n) is 12.1. The normalized spacial score (nSPS) is 21.1. The second-order valence-electron chi connectivity index (χ2n) is 5.40. The number of likely N-dealkylation sites (tertiary alicyclic amines) is 1. The van der Waals surface area contributed by atoms with Crippen molar-refractivity contribution in [1.29, 1.82) is 0 Å². The molecule has 5 heteroatoms. The fourth-order valence-electron chi connectivity index (χ4n) is 2.10. The molecule has 1 heterocycles. The van der Waals surface area contributed by atoms with Crippen LogP contribution in [-0.2, 0) is 0 Å². The number of thioether (sulfide) groups is 1. The number of rotatable bonds is 5. The number of amides is 2. The number of piperidine rings is 1. The summed E-state index contributed by atoms with van der Waals surface area (Å²) >= 11 is 2.01. The van der Waals surface area contributed by atoms with Gasteiger partial charge in [-0.2, -0.15) is 11.8 Å². The first-order chi connectivity index (χ1) is 8.49. The summed E-state index contributed by atoms with van der Waals surface area (Å²) in [4.78, 5) is 15.7. The van der Waals surface area contributed by atoms with Gasteiger partial charge in [-0.1, -0.05) is 13.8 Å². The molecular formula is C13H27N3OS. The summed E-state index contributed by atoms with van der Waals surface area (Å²) in [6.07, 6.45) is 2.29. The smallest absolute Gasteiger partial charge is 0.317 e. The Morgan fingerprint density at radius 2 is 2.22 bits per heavy atom. The zero-order chi connectivity index (χ0) is 13.5. The van der Waals surface area contributed by atoms with Gasteiger partial charge in [0.1, 0.15) is 0 Å². The highest BCUT2D eigenvalue weighted by Gasteiger charge is 2.21. The van der Waals surface area contributed by atoms with Crippen LogP contribution in [0.4, 0.5) is 4.79 Å². The SMILES string of the molecule is CC(C)SCCN1CCCC(NC(=O)N(C)C)C1. The van der Waals surface area contributed by atoms with Gasteiger partial charge < -0.3 is 15.1 Å². The fraction of sp³-hybridized carbons (Fsp3) is 0.923. The second kappa shape index (κ2) is 7.89. The van der Waals surface area contributed by atoms with Gasteiger partial charge in [-0.15, -0.1) is 0 Å². The maximum Gasteiger partial charge on any atom is 0.317 e. The lowest BCUT2D eigenvalue weighted by Gasteiger charge is -2.33. The van der Waals surface area contributed by atoms with Gasteiger partial charge in [0.15, 0.2) is 0 Å². The Morgan fingerprint density at radius 1 is 1.50 bits per heavy atom. The first-order valence-corrected chi connectivity index (χ1v) is 7.85. The lowest BCUT2D eigenvalue weighted by molar-refractivity contribution is 0.182. The van der Waals surface area contributed by atoms with Crippen molar-refractivity contribution in [3.05, 3.63) is 0 Å². The Kier molecular flexibility index (Phi) is 6.86. The molecule has 1 atom stereocenters. The van der Waals surface area contributed by atoms with Crippen LogP contribution in [0.5, 0.6) is 0 Å². The van der Waals surface area contributed by atoms with Gasteiger partial charge in [0.2, 0.25) is 0 Å². The van der Waals surface area contributed by atoms with Crippen molar-refractivity contribution in [3.63, 3.8) is 0 Å². The zero-order valence-corrected chi connectivity index (χ0v) is 12.9. The molecule has 2 amide bonds. The Bertz CT molecular complexity index is 259. The van der Waals surface area contributed by atoms with Gasteiger partial charge in [-0.05, 0) is 24.6 Å². The average molecular weight is 273 g/mol. The average Bonchev–Trinajstić information content (AvgIpc) is 2.28. The molecule has 1 rings (SSSR count). The van der Waals surface area contributed by atoms with Gasteiger partial charge in [0.25, 0.3) is 0 Å². The topological polar surface area (TPSA) is 35.6 Å². The van der Waals surface area contributed by atoms with E-state index in [1.807, 2.05) is 11.8 Å². The number of hydrogen-bond acceptors (Lipinski definition) is 3. The number of carbonyl (C=O) groups is 1. The fourth-order valence-corrected chi connectivity index (χ4v) is 2.93. The van der Waals surface area contributed by atoms with Crippen molar-refractivity contribution < 1.29 is 4.79 Å². The quantitative estimate of drug-likeness (QED) is 0.830. The highest BCUT2D eigenvalue weighted by molar-refractivity contribution is 7.99. The minimum Gasteiger partial charge on any atom is -0.334 e. The van der Waals surface area contributed by atoms with Crippen LogP contribution >= 0.6 is 11.8 Å². The molecule has 0 saturated carbocycles. The van der Waals surface area contributed by atoms with E-state index in [-0.39, 0.29) is 6.03 Å². The monoisotopic (exact) mass is 273 g/mol. The van der Waals surface area contributed by atoms with E-state index in [0.29, 0.717) is 11.3 Å². The molecule has 1 aliphatic rings. The molecule has 0 spiro atoms. The van der Waals surface area contributed by atoms with Crippen molar-refractivity contribution in [1.82, 2.24) is 15.1 Å². The molecule has 1 saturated heterocycles. The number of nitrogens with one attached hydrogen (secondary N) is 1. The highest BCUT2D eigenvalue weighted by Crippen LogP contribution is 2.13. The minimum atomic E-state index is 0.0263. The molecule has 1 N–H and O–H groups in total. The third kappa shape index (κ3) is 5.96. The Hall–Kier alpha value is -0.420. The molecule has 0 aliphatic carbocycles. The molecule has 106 valence electrons. The van der Waals surface area contributed by atoms with E-state index >= 15 is 0 Å². The van der Waals surface area contributed by atoms with Crippen LogP contribution in [0.25, 0.3) is 0 Å². The number of nitrogens with zero attached hydrogens (tertiary/aromatic N) is 2. The number of carbonyl (C=O) groups excluding carboxylic acids is 1. The molecule has 1 aliphatic heterocycles. The Balaban J connectivity index is 2.25. The van der Waals surface area contributed by atoms with E-state index in [1.54, 1.807) is 19.0 Å².